The third-order valence-electron chi connectivity index (χ3n) is 4.47. The number of benzene rings is 1. The first-order chi connectivity index (χ1) is 9.78. The highest BCUT2D eigenvalue weighted by molar-refractivity contribution is 5.76. The molecule has 20 heavy (non-hydrogen) atoms. The monoisotopic (exact) mass is 273 g/mol. The molecule has 3 rings (SSSR count). The average molecular weight is 273 g/mol. The van der Waals surface area contributed by atoms with Crippen molar-refractivity contribution in [2.24, 2.45) is 0 Å². The fourth-order valence-electron chi connectivity index (χ4n) is 3.48. The lowest BCUT2D eigenvalue weighted by atomic mass is 10.1. The summed E-state index contributed by atoms with van der Waals surface area (Å²) in [5, 5.41) is 0. The summed E-state index contributed by atoms with van der Waals surface area (Å²) in [4.78, 5) is 14.2. The second-order valence-electron chi connectivity index (χ2n) is 5.84. The molecule has 0 saturated carbocycles. The van der Waals surface area contributed by atoms with Crippen LogP contribution in [0.2, 0.25) is 0 Å². The maximum absolute atomic E-state index is 12.0. The minimum absolute atomic E-state index is 0.0387. The number of hydrogen-bond acceptors (Lipinski definition) is 3. The van der Waals surface area contributed by atoms with E-state index in [1.807, 2.05) is 6.92 Å². The highest BCUT2D eigenvalue weighted by Crippen LogP contribution is 2.26. The van der Waals surface area contributed by atoms with Crippen LogP contribution in [0.15, 0.2) is 18.2 Å². The number of likely N-dealkylation sites (tertiary alicyclic amines) is 1. The van der Waals surface area contributed by atoms with Crippen molar-refractivity contribution in [3.05, 3.63) is 34.9 Å². The first kappa shape index (κ1) is 13.6. The van der Waals surface area contributed by atoms with E-state index in [2.05, 4.69) is 23.1 Å². The first-order valence-corrected chi connectivity index (χ1v) is 7.79. The van der Waals surface area contributed by atoms with Crippen LogP contribution >= 0.6 is 0 Å². The number of carbonyl (C=O) groups excluding carboxylic acids is 1. The number of hydrogen-bond donors (Lipinski definition) is 0. The molecule has 1 saturated heterocycles. The minimum atomic E-state index is -0.0499. The number of carbonyl (C=O) groups is 1. The van der Waals surface area contributed by atoms with Gasteiger partial charge in [0.25, 0.3) is 0 Å². The molecule has 0 N–H and O–H groups in total. The Labute approximate surface area is 120 Å². The summed E-state index contributed by atoms with van der Waals surface area (Å²) < 4.78 is 5.19. The molecule has 1 aromatic rings. The van der Waals surface area contributed by atoms with Crippen LogP contribution < -0.4 is 0 Å². The molecule has 1 fully saturated rings. The number of ether oxygens (including phenoxy) is 1. The predicted octanol–water partition coefficient (Wildman–Crippen LogP) is 2.70. The van der Waals surface area contributed by atoms with Crippen LogP contribution in [-0.2, 0) is 28.9 Å². The molecular formula is C17H23NO2. The van der Waals surface area contributed by atoms with Crippen molar-refractivity contribution in [1.29, 1.82) is 0 Å². The summed E-state index contributed by atoms with van der Waals surface area (Å²) >= 11 is 0. The lowest BCUT2D eigenvalue weighted by Gasteiger charge is -2.23. The first-order valence-electron chi connectivity index (χ1n) is 7.79. The van der Waals surface area contributed by atoms with Gasteiger partial charge in [0.15, 0.2) is 0 Å². The van der Waals surface area contributed by atoms with Gasteiger partial charge in [-0.3, -0.25) is 9.69 Å². The van der Waals surface area contributed by atoms with Crippen LogP contribution in [0.4, 0.5) is 0 Å². The topological polar surface area (TPSA) is 29.5 Å². The molecule has 0 spiro atoms. The van der Waals surface area contributed by atoms with Gasteiger partial charge in [0, 0.05) is 6.54 Å². The molecule has 3 heteroatoms. The lowest BCUT2D eigenvalue weighted by Crippen LogP contribution is -2.36. The molecular weight excluding hydrogens is 250 g/mol. The number of rotatable bonds is 4. The van der Waals surface area contributed by atoms with Crippen LogP contribution in [-0.4, -0.2) is 30.1 Å². The molecule has 1 aliphatic heterocycles. The Balaban J connectivity index is 1.69. The molecule has 108 valence electrons. The van der Waals surface area contributed by atoms with Gasteiger partial charge in [-0.15, -0.1) is 0 Å². The van der Waals surface area contributed by atoms with Crippen LogP contribution in [0.1, 0.15) is 42.9 Å². The second-order valence-corrected chi connectivity index (χ2v) is 5.84. The fourth-order valence-corrected chi connectivity index (χ4v) is 3.48. The van der Waals surface area contributed by atoms with Gasteiger partial charge in [0.2, 0.25) is 0 Å². The molecule has 0 amide bonds. The van der Waals surface area contributed by atoms with Gasteiger partial charge in [-0.25, -0.2) is 0 Å². The molecule has 1 unspecified atom stereocenters. The predicted molar refractivity (Wildman–Crippen MR) is 78.5 cm³/mol. The average Bonchev–Trinajstić information content (AvgIpc) is 3.07. The summed E-state index contributed by atoms with van der Waals surface area (Å²) in [5.41, 5.74) is 4.35. The highest BCUT2D eigenvalue weighted by atomic mass is 16.5. The van der Waals surface area contributed by atoms with Gasteiger partial charge in [0.05, 0.1) is 6.61 Å². The van der Waals surface area contributed by atoms with Gasteiger partial charge in [-0.05, 0) is 62.3 Å². The van der Waals surface area contributed by atoms with Gasteiger partial charge in [-0.1, -0.05) is 18.2 Å². The number of fused-ring (bicyclic) bond motifs is 1. The quantitative estimate of drug-likeness (QED) is 0.790. The van der Waals surface area contributed by atoms with E-state index in [1.165, 1.54) is 36.0 Å². The molecule has 3 nitrogen and oxygen atoms in total. The molecule has 0 radical (unpaired) electrons. The van der Waals surface area contributed by atoms with Crippen LogP contribution in [0.3, 0.4) is 0 Å². The van der Waals surface area contributed by atoms with Crippen molar-refractivity contribution in [2.45, 2.75) is 51.6 Å². The third-order valence-corrected chi connectivity index (χ3v) is 4.47. The van der Waals surface area contributed by atoms with Gasteiger partial charge in [-0.2, -0.15) is 0 Å². The molecule has 1 atom stereocenters. The van der Waals surface area contributed by atoms with Crippen LogP contribution in [0.5, 0.6) is 0 Å². The standard InChI is InChI=1S/C17H23NO2/c1-2-20-17(19)16-7-4-10-18(16)12-13-8-9-14-5-3-6-15(14)11-13/h8-9,11,16H,2-7,10,12H2,1H3. The van der Waals surface area contributed by atoms with E-state index in [0.29, 0.717) is 6.61 Å². The fraction of sp³-hybridized carbons (Fsp3) is 0.588. The maximum Gasteiger partial charge on any atom is 0.323 e. The smallest absolute Gasteiger partial charge is 0.323 e. The normalized spacial score (nSPS) is 21.9. The highest BCUT2D eigenvalue weighted by Gasteiger charge is 2.31. The summed E-state index contributed by atoms with van der Waals surface area (Å²) in [6.07, 6.45) is 5.75. The van der Waals surface area contributed by atoms with Crippen LogP contribution in [0, 0.1) is 0 Å². The number of aryl methyl sites for hydroxylation is 2. The zero-order chi connectivity index (χ0) is 13.9. The van der Waals surface area contributed by atoms with Crippen LogP contribution in [0.25, 0.3) is 0 Å². The zero-order valence-electron chi connectivity index (χ0n) is 12.2. The Morgan fingerprint density at radius 2 is 2.15 bits per heavy atom. The van der Waals surface area contributed by atoms with Gasteiger partial charge < -0.3 is 4.74 Å². The Morgan fingerprint density at radius 1 is 1.30 bits per heavy atom. The summed E-state index contributed by atoms with van der Waals surface area (Å²) in [6, 6.07) is 6.80. The Morgan fingerprint density at radius 3 is 3.00 bits per heavy atom. The van der Waals surface area contributed by atoms with E-state index < -0.39 is 0 Å². The van der Waals surface area contributed by atoms with Crippen molar-refractivity contribution >= 4 is 5.97 Å². The second kappa shape index (κ2) is 5.96. The Bertz CT molecular complexity index is 498. The molecule has 2 aliphatic rings. The van der Waals surface area contributed by atoms with E-state index in [1.54, 1.807) is 0 Å². The largest absolute Gasteiger partial charge is 0.465 e. The van der Waals surface area contributed by atoms with E-state index >= 15 is 0 Å². The van der Waals surface area contributed by atoms with Crippen molar-refractivity contribution < 1.29 is 9.53 Å². The summed E-state index contributed by atoms with van der Waals surface area (Å²) in [6.45, 7) is 4.22. The molecule has 1 aliphatic carbocycles. The van der Waals surface area contributed by atoms with E-state index in [0.717, 1.165) is 25.9 Å². The molecule has 0 bridgehead atoms. The van der Waals surface area contributed by atoms with Crippen molar-refractivity contribution in [1.82, 2.24) is 4.90 Å². The third kappa shape index (κ3) is 2.73. The van der Waals surface area contributed by atoms with Crippen molar-refractivity contribution in [3.63, 3.8) is 0 Å². The number of esters is 1. The van der Waals surface area contributed by atoms with E-state index in [9.17, 15) is 4.79 Å². The minimum Gasteiger partial charge on any atom is -0.465 e. The van der Waals surface area contributed by atoms with E-state index in [-0.39, 0.29) is 12.0 Å². The molecule has 0 aromatic heterocycles. The maximum atomic E-state index is 12.0. The zero-order valence-corrected chi connectivity index (χ0v) is 12.2. The lowest BCUT2D eigenvalue weighted by molar-refractivity contribution is -0.148. The van der Waals surface area contributed by atoms with Crippen molar-refractivity contribution in [2.75, 3.05) is 13.2 Å². The summed E-state index contributed by atoms with van der Waals surface area (Å²) in [5.74, 6) is -0.0499. The Hall–Kier alpha value is -1.35. The molecule has 1 aromatic carbocycles. The number of nitrogens with zero attached hydrogens (tertiary/aromatic N) is 1. The molecule has 1 heterocycles. The SMILES string of the molecule is CCOC(=O)C1CCCN1Cc1ccc2c(c1)CCC2. The summed E-state index contributed by atoms with van der Waals surface area (Å²) in [7, 11) is 0. The van der Waals surface area contributed by atoms with Crippen molar-refractivity contribution in [3.8, 4) is 0 Å². The Kier molecular flexibility index (Phi) is 4.06. The van der Waals surface area contributed by atoms with E-state index in [4.69, 9.17) is 4.74 Å². The van der Waals surface area contributed by atoms with Gasteiger partial charge in [0.1, 0.15) is 6.04 Å². The van der Waals surface area contributed by atoms with Gasteiger partial charge >= 0.3 is 5.97 Å².